The van der Waals surface area contributed by atoms with E-state index in [1.807, 2.05) is 0 Å². The number of rotatable bonds is 3. The fourth-order valence-corrected chi connectivity index (χ4v) is 1.25. The molecule has 0 unspecified atom stereocenters. The van der Waals surface area contributed by atoms with Crippen LogP contribution in [-0.2, 0) is 0 Å². The molecule has 0 spiro atoms. The summed E-state index contributed by atoms with van der Waals surface area (Å²) in [7, 11) is 2.67. The maximum Gasteiger partial charge on any atom is 0.00994 e. The normalized spacial score (nSPS) is 14.4. The van der Waals surface area contributed by atoms with Crippen LogP contribution < -0.4 is 0 Å². The van der Waals surface area contributed by atoms with Crippen molar-refractivity contribution < 1.29 is 0 Å². The first kappa shape index (κ1) is 10.4. The molecule has 0 aromatic rings. The highest BCUT2D eigenvalue weighted by molar-refractivity contribution is 6.15. The van der Waals surface area contributed by atoms with Crippen molar-refractivity contribution in [2.45, 2.75) is 50.6 Å². The monoisotopic (exact) mass is 174 g/mol. The summed E-state index contributed by atoms with van der Waals surface area (Å²) in [5.41, 5.74) is 0. The SMILES string of the molecule is CC(C)([SiH3])CCC(C)(C)[SiH3]. The molecule has 0 N–H and O–H groups in total. The minimum absolute atomic E-state index is 0.668. The molecule has 0 aliphatic heterocycles. The summed E-state index contributed by atoms with van der Waals surface area (Å²) in [6, 6.07) is 0. The molecule has 0 saturated heterocycles. The van der Waals surface area contributed by atoms with Crippen LogP contribution in [0.15, 0.2) is 0 Å². The standard InChI is InChI=1S/C8H22Si2/c1-7(2,9)5-6-8(3,4)10/h5-6H2,1-4,9-10H3. The second kappa shape index (κ2) is 3.22. The van der Waals surface area contributed by atoms with Crippen LogP contribution in [0.3, 0.4) is 0 Å². The van der Waals surface area contributed by atoms with Gasteiger partial charge in [-0.3, -0.25) is 0 Å². The van der Waals surface area contributed by atoms with Gasteiger partial charge in [-0.25, -0.2) is 0 Å². The molecule has 0 saturated carbocycles. The van der Waals surface area contributed by atoms with E-state index < -0.39 is 0 Å². The van der Waals surface area contributed by atoms with Gasteiger partial charge in [0.1, 0.15) is 0 Å². The molecule has 0 aliphatic rings. The van der Waals surface area contributed by atoms with E-state index in [-0.39, 0.29) is 0 Å². The summed E-state index contributed by atoms with van der Waals surface area (Å²) < 4.78 is 0. The van der Waals surface area contributed by atoms with Crippen LogP contribution in [0.25, 0.3) is 0 Å². The van der Waals surface area contributed by atoms with Crippen molar-refractivity contribution in [1.82, 2.24) is 0 Å². The molecule has 0 nitrogen and oxygen atoms in total. The van der Waals surface area contributed by atoms with Gasteiger partial charge in [0.05, 0.1) is 0 Å². The lowest BCUT2D eigenvalue weighted by Crippen LogP contribution is -2.08. The third-order valence-corrected chi connectivity index (χ3v) is 2.62. The summed E-state index contributed by atoms with van der Waals surface area (Å²) >= 11 is 0. The molecule has 0 amide bonds. The van der Waals surface area contributed by atoms with Gasteiger partial charge in [0.25, 0.3) is 0 Å². The molecule has 0 aromatic heterocycles. The fourth-order valence-electron chi connectivity index (χ4n) is 0.750. The van der Waals surface area contributed by atoms with Crippen LogP contribution >= 0.6 is 0 Å². The van der Waals surface area contributed by atoms with Crippen LogP contribution in [0.1, 0.15) is 40.5 Å². The zero-order valence-electron chi connectivity index (χ0n) is 8.41. The van der Waals surface area contributed by atoms with E-state index in [1.165, 1.54) is 33.3 Å². The van der Waals surface area contributed by atoms with Crippen LogP contribution in [0.5, 0.6) is 0 Å². The lowest BCUT2D eigenvalue weighted by atomic mass is 9.99. The number of hydrogen-bond acceptors (Lipinski definition) is 0. The Kier molecular flexibility index (Phi) is 3.36. The smallest absolute Gasteiger partial charge is 0.00994 e. The highest BCUT2D eigenvalue weighted by Gasteiger charge is 2.16. The quantitative estimate of drug-likeness (QED) is 0.558. The summed E-state index contributed by atoms with van der Waals surface area (Å²) in [5, 5.41) is 1.34. The molecule has 2 heteroatoms. The van der Waals surface area contributed by atoms with E-state index in [0.717, 1.165) is 0 Å². The van der Waals surface area contributed by atoms with Crippen molar-refractivity contribution in [1.29, 1.82) is 0 Å². The Bertz CT molecular complexity index is 80.8. The van der Waals surface area contributed by atoms with Gasteiger partial charge >= 0.3 is 0 Å². The molecule has 0 atom stereocenters. The Morgan fingerprint density at radius 2 is 1.00 bits per heavy atom. The molecule has 0 heterocycles. The second-order valence-electron chi connectivity index (χ2n) is 5.62. The molecule has 0 bridgehead atoms. The summed E-state index contributed by atoms with van der Waals surface area (Å²) in [6.07, 6.45) is 2.85. The molecular weight excluding hydrogens is 152 g/mol. The largest absolute Gasteiger partial charge is 0.0632 e. The minimum atomic E-state index is 0.668. The summed E-state index contributed by atoms with van der Waals surface area (Å²) in [6.45, 7) is 9.53. The maximum atomic E-state index is 2.38. The van der Waals surface area contributed by atoms with Gasteiger partial charge in [0, 0.05) is 20.5 Å². The first-order valence-corrected chi connectivity index (χ1v) is 6.21. The molecule has 62 valence electrons. The van der Waals surface area contributed by atoms with Gasteiger partial charge in [-0.1, -0.05) is 40.5 Å². The van der Waals surface area contributed by atoms with Crippen molar-refractivity contribution in [3.8, 4) is 0 Å². The predicted molar refractivity (Wildman–Crippen MR) is 57.2 cm³/mol. The lowest BCUT2D eigenvalue weighted by molar-refractivity contribution is 0.504. The Morgan fingerprint density at radius 1 is 0.800 bits per heavy atom. The van der Waals surface area contributed by atoms with Gasteiger partial charge in [-0.15, -0.1) is 0 Å². The van der Waals surface area contributed by atoms with E-state index in [4.69, 9.17) is 0 Å². The molecule has 0 aromatic carbocycles. The van der Waals surface area contributed by atoms with E-state index >= 15 is 0 Å². The Labute approximate surface area is 71.6 Å². The van der Waals surface area contributed by atoms with Crippen molar-refractivity contribution in [3.63, 3.8) is 0 Å². The van der Waals surface area contributed by atoms with Gasteiger partial charge < -0.3 is 0 Å². The van der Waals surface area contributed by atoms with Crippen LogP contribution in [-0.4, -0.2) is 20.5 Å². The topological polar surface area (TPSA) is 0 Å². The third kappa shape index (κ3) is 8.43. The van der Waals surface area contributed by atoms with Crippen LogP contribution in [0.2, 0.25) is 10.1 Å². The van der Waals surface area contributed by atoms with Gasteiger partial charge in [0.15, 0.2) is 0 Å². The van der Waals surface area contributed by atoms with Gasteiger partial charge in [-0.05, 0) is 10.1 Å². The summed E-state index contributed by atoms with van der Waals surface area (Å²) in [5.74, 6) is 0. The van der Waals surface area contributed by atoms with Crippen LogP contribution in [0, 0.1) is 0 Å². The number of hydrogen-bond donors (Lipinski definition) is 0. The first-order valence-electron chi connectivity index (χ1n) is 4.21. The zero-order valence-corrected chi connectivity index (χ0v) is 12.4. The maximum absolute atomic E-state index is 2.38. The summed E-state index contributed by atoms with van der Waals surface area (Å²) in [4.78, 5) is 0. The molecule has 0 aliphatic carbocycles. The Balaban J connectivity index is 3.56. The van der Waals surface area contributed by atoms with Crippen LogP contribution in [0.4, 0.5) is 0 Å². The third-order valence-electron chi connectivity index (χ3n) is 1.62. The Hall–Kier alpha value is 0.434. The van der Waals surface area contributed by atoms with Crippen molar-refractivity contribution in [3.05, 3.63) is 0 Å². The lowest BCUT2D eigenvalue weighted by Gasteiger charge is -2.24. The second-order valence-corrected chi connectivity index (χ2v) is 11.0. The molecule has 0 rings (SSSR count). The van der Waals surface area contributed by atoms with Crippen molar-refractivity contribution in [2.24, 2.45) is 0 Å². The molecule has 0 radical (unpaired) electrons. The highest BCUT2D eigenvalue weighted by Crippen LogP contribution is 2.34. The molecule has 10 heavy (non-hydrogen) atoms. The van der Waals surface area contributed by atoms with E-state index in [9.17, 15) is 0 Å². The van der Waals surface area contributed by atoms with E-state index in [2.05, 4.69) is 27.7 Å². The van der Waals surface area contributed by atoms with E-state index in [0.29, 0.717) is 10.1 Å². The molecular formula is C8H22Si2. The molecule has 0 fully saturated rings. The first-order chi connectivity index (χ1) is 4.21. The predicted octanol–water partition coefficient (Wildman–Crippen LogP) is 0.894. The average Bonchev–Trinajstić information content (AvgIpc) is 1.57. The highest BCUT2D eigenvalue weighted by atomic mass is 28.1. The zero-order chi connectivity index (χ0) is 8.41. The van der Waals surface area contributed by atoms with Gasteiger partial charge in [0.2, 0.25) is 0 Å². The van der Waals surface area contributed by atoms with Crippen molar-refractivity contribution >= 4 is 20.5 Å². The van der Waals surface area contributed by atoms with Crippen molar-refractivity contribution in [2.75, 3.05) is 0 Å². The Morgan fingerprint density at radius 3 is 1.10 bits per heavy atom. The minimum Gasteiger partial charge on any atom is -0.0632 e. The van der Waals surface area contributed by atoms with E-state index in [1.54, 1.807) is 0 Å². The fraction of sp³-hybridized carbons (Fsp3) is 1.00. The average molecular weight is 174 g/mol. The van der Waals surface area contributed by atoms with Gasteiger partial charge in [-0.2, -0.15) is 0 Å².